The number of carbonyl (C=O) groups excluding carboxylic acids is 2. The Labute approximate surface area is 184 Å². The Hall–Kier alpha value is -2.53. The fourth-order valence-corrected chi connectivity index (χ4v) is 3.40. The quantitative estimate of drug-likeness (QED) is 0.505. The summed E-state index contributed by atoms with van der Waals surface area (Å²) in [4.78, 5) is 27.3. The first-order valence-corrected chi connectivity index (χ1v) is 10.9. The predicted molar refractivity (Wildman–Crippen MR) is 121 cm³/mol. The van der Waals surface area contributed by atoms with Crippen LogP contribution in [0, 0.1) is 0 Å². The lowest BCUT2D eigenvalue weighted by molar-refractivity contribution is -0.140. The molecule has 2 aromatic carbocycles. The van der Waals surface area contributed by atoms with Gasteiger partial charge in [0.05, 0.1) is 6.61 Å². The Bertz CT molecular complexity index is 781. The van der Waals surface area contributed by atoms with Gasteiger partial charge in [0.1, 0.15) is 11.8 Å². The summed E-state index contributed by atoms with van der Waals surface area (Å²) in [5, 5.41) is 3.51. The molecular formula is C24H31ClN2O3. The smallest absolute Gasteiger partial charge is 0.242 e. The molecule has 0 saturated carbocycles. The molecule has 1 N–H and O–H groups in total. The Morgan fingerprint density at radius 3 is 2.40 bits per heavy atom. The summed E-state index contributed by atoms with van der Waals surface area (Å²) in [6.07, 6.45) is 2.20. The van der Waals surface area contributed by atoms with E-state index in [0.29, 0.717) is 50.4 Å². The highest BCUT2D eigenvalue weighted by molar-refractivity contribution is 6.30. The maximum Gasteiger partial charge on any atom is 0.242 e. The van der Waals surface area contributed by atoms with Crippen molar-refractivity contribution in [1.82, 2.24) is 10.2 Å². The Kier molecular flexibility index (Phi) is 10.2. The van der Waals surface area contributed by atoms with Crippen molar-refractivity contribution in [2.24, 2.45) is 0 Å². The van der Waals surface area contributed by atoms with Crippen molar-refractivity contribution in [3.8, 4) is 5.75 Å². The number of carbonyl (C=O) groups is 2. The van der Waals surface area contributed by atoms with Crippen molar-refractivity contribution in [2.75, 3.05) is 19.7 Å². The van der Waals surface area contributed by atoms with E-state index in [1.807, 2.05) is 44.2 Å². The topological polar surface area (TPSA) is 58.6 Å². The fraction of sp³-hybridized carbons (Fsp3) is 0.417. The van der Waals surface area contributed by atoms with Crippen LogP contribution in [0.2, 0.25) is 5.02 Å². The summed E-state index contributed by atoms with van der Waals surface area (Å²) in [7, 11) is 0. The molecule has 30 heavy (non-hydrogen) atoms. The monoisotopic (exact) mass is 430 g/mol. The molecule has 0 heterocycles. The van der Waals surface area contributed by atoms with E-state index in [2.05, 4.69) is 5.32 Å². The van der Waals surface area contributed by atoms with Crippen LogP contribution >= 0.6 is 11.6 Å². The van der Waals surface area contributed by atoms with Gasteiger partial charge in [0.2, 0.25) is 11.8 Å². The minimum Gasteiger partial charge on any atom is -0.494 e. The van der Waals surface area contributed by atoms with E-state index < -0.39 is 6.04 Å². The van der Waals surface area contributed by atoms with E-state index in [1.165, 1.54) is 0 Å². The van der Waals surface area contributed by atoms with Crippen LogP contribution in [-0.2, 0) is 16.0 Å². The number of benzene rings is 2. The summed E-state index contributed by atoms with van der Waals surface area (Å²) in [5.41, 5.74) is 1.15. The van der Waals surface area contributed by atoms with Gasteiger partial charge in [0, 0.05) is 24.5 Å². The second kappa shape index (κ2) is 12.9. The molecule has 6 heteroatoms. The van der Waals surface area contributed by atoms with Crippen molar-refractivity contribution in [3.63, 3.8) is 0 Å². The second-order valence-corrected chi connectivity index (χ2v) is 7.48. The highest BCUT2D eigenvalue weighted by Crippen LogP contribution is 2.16. The van der Waals surface area contributed by atoms with Crippen molar-refractivity contribution in [2.45, 2.75) is 45.6 Å². The number of ether oxygens (including phenoxy) is 1. The van der Waals surface area contributed by atoms with Crippen LogP contribution in [0.1, 0.15) is 38.7 Å². The Morgan fingerprint density at radius 2 is 1.77 bits per heavy atom. The number of nitrogens with one attached hydrogen (secondary N) is 1. The molecule has 0 aromatic heterocycles. The van der Waals surface area contributed by atoms with Gasteiger partial charge in [-0.1, -0.05) is 48.9 Å². The predicted octanol–water partition coefficient (Wildman–Crippen LogP) is 4.49. The summed E-state index contributed by atoms with van der Waals surface area (Å²) in [5.74, 6) is 0.601. The van der Waals surface area contributed by atoms with Gasteiger partial charge in [-0.05, 0) is 56.0 Å². The van der Waals surface area contributed by atoms with E-state index in [1.54, 1.807) is 29.2 Å². The van der Waals surface area contributed by atoms with Gasteiger partial charge in [-0.15, -0.1) is 0 Å². The van der Waals surface area contributed by atoms with E-state index >= 15 is 0 Å². The first-order chi connectivity index (χ1) is 14.5. The maximum atomic E-state index is 13.0. The number of likely N-dealkylation sites (N-methyl/N-ethyl adjacent to an activating group) is 1. The minimum atomic E-state index is -0.460. The first kappa shape index (κ1) is 23.7. The van der Waals surface area contributed by atoms with Crippen molar-refractivity contribution >= 4 is 23.4 Å². The lowest BCUT2D eigenvalue weighted by Crippen LogP contribution is -2.50. The Morgan fingerprint density at radius 1 is 1.07 bits per heavy atom. The molecule has 0 spiro atoms. The molecular weight excluding hydrogens is 400 g/mol. The summed E-state index contributed by atoms with van der Waals surface area (Å²) in [6.45, 7) is 5.31. The van der Waals surface area contributed by atoms with Crippen LogP contribution < -0.4 is 10.1 Å². The van der Waals surface area contributed by atoms with E-state index in [-0.39, 0.29) is 11.8 Å². The largest absolute Gasteiger partial charge is 0.494 e. The van der Waals surface area contributed by atoms with Crippen LogP contribution in [0.5, 0.6) is 5.75 Å². The minimum absolute atomic E-state index is 0.0243. The maximum absolute atomic E-state index is 13.0. The molecule has 0 bridgehead atoms. The molecule has 5 nitrogen and oxygen atoms in total. The van der Waals surface area contributed by atoms with Gasteiger partial charge in [-0.25, -0.2) is 0 Å². The highest BCUT2D eigenvalue weighted by atomic mass is 35.5. The van der Waals surface area contributed by atoms with Crippen LogP contribution in [0.4, 0.5) is 0 Å². The average molecular weight is 431 g/mol. The van der Waals surface area contributed by atoms with Gasteiger partial charge < -0.3 is 15.0 Å². The molecule has 162 valence electrons. The molecule has 0 radical (unpaired) electrons. The molecule has 0 fully saturated rings. The van der Waals surface area contributed by atoms with Crippen LogP contribution in [-0.4, -0.2) is 42.5 Å². The lowest BCUT2D eigenvalue weighted by Gasteiger charge is -2.30. The number of halogens is 1. The van der Waals surface area contributed by atoms with Crippen LogP contribution in [0.3, 0.4) is 0 Å². The number of amides is 2. The van der Waals surface area contributed by atoms with Gasteiger partial charge >= 0.3 is 0 Å². The molecule has 2 rings (SSSR count). The molecule has 0 aliphatic rings. The third-order valence-corrected chi connectivity index (χ3v) is 5.09. The average Bonchev–Trinajstić information content (AvgIpc) is 2.76. The zero-order chi connectivity index (χ0) is 21.8. The molecule has 2 aromatic rings. The number of nitrogens with zero attached hydrogens (tertiary/aromatic N) is 1. The number of rotatable bonds is 12. The molecule has 0 unspecified atom stereocenters. The highest BCUT2D eigenvalue weighted by Gasteiger charge is 2.27. The third kappa shape index (κ3) is 7.71. The summed E-state index contributed by atoms with van der Waals surface area (Å²) in [6, 6.07) is 16.7. The van der Waals surface area contributed by atoms with Gasteiger partial charge in [0.25, 0.3) is 0 Å². The molecule has 0 aliphatic carbocycles. The van der Waals surface area contributed by atoms with Gasteiger partial charge in [0.15, 0.2) is 0 Å². The molecule has 2 amide bonds. The first-order valence-electron chi connectivity index (χ1n) is 10.5. The zero-order valence-electron chi connectivity index (χ0n) is 17.8. The van der Waals surface area contributed by atoms with Crippen LogP contribution in [0.15, 0.2) is 54.6 Å². The van der Waals surface area contributed by atoms with Gasteiger partial charge in [-0.3, -0.25) is 9.59 Å². The second-order valence-electron chi connectivity index (χ2n) is 7.05. The summed E-state index contributed by atoms with van der Waals surface area (Å²) < 4.78 is 5.68. The lowest BCUT2D eigenvalue weighted by atomic mass is 10.1. The third-order valence-electron chi connectivity index (χ3n) is 4.84. The van der Waals surface area contributed by atoms with Crippen molar-refractivity contribution in [3.05, 3.63) is 65.2 Å². The molecule has 0 aliphatic heterocycles. The van der Waals surface area contributed by atoms with Crippen molar-refractivity contribution < 1.29 is 14.3 Å². The van der Waals surface area contributed by atoms with Crippen molar-refractivity contribution in [1.29, 1.82) is 0 Å². The normalized spacial score (nSPS) is 11.6. The molecule has 1 atom stereocenters. The summed E-state index contributed by atoms with van der Waals surface area (Å²) >= 11 is 5.88. The Balaban J connectivity index is 1.95. The molecule has 0 saturated heterocycles. The van der Waals surface area contributed by atoms with E-state index in [0.717, 1.165) is 11.3 Å². The van der Waals surface area contributed by atoms with Gasteiger partial charge in [-0.2, -0.15) is 0 Å². The fourth-order valence-electron chi connectivity index (χ4n) is 3.28. The SMILES string of the molecule is CCNC(=O)[C@@H](CC)N(CCc1ccccc1)C(=O)CCCOc1ccc(Cl)cc1. The van der Waals surface area contributed by atoms with E-state index in [4.69, 9.17) is 16.3 Å². The zero-order valence-corrected chi connectivity index (χ0v) is 18.5. The van der Waals surface area contributed by atoms with Crippen LogP contribution in [0.25, 0.3) is 0 Å². The standard InChI is InChI=1S/C24H31ClN2O3/c1-3-22(24(29)26-4-2)27(17-16-19-9-6-5-7-10-19)23(28)11-8-18-30-21-14-12-20(25)13-15-21/h5-7,9-10,12-15,22H,3-4,8,11,16-18H2,1-2H3,(H,26,29)/t22-/m1/s1. The van der Waals surface area contributed by atoms with E-state index in [9.17, 15) is 9.59 Å². The number of hydrogen-bond acceptors (Lipinski definition) is 3. The number of hydrogen-bond donors (Lipinski definition) is 1.